The van der Waals surface area contributed by atoms with Gasteiger partial charge in [-0.2, -0.15) is 0 Å². The number of rotatable bonds is 2. The third kappa shape index (κ3) is 2.16. The molecule has 0 bridgehead atoms. The van der Waals surface area contributed by atoms with E-state index in [-0.39, 0.29) is 6.71 Å². The molecule has 0 saturated heterocycles. The van der Waals surface area contributed by atoms with E-state index in [0.29, 0.717) is 0 Å². The number of aromatic nitrogens is 3. The summed E-state index contributed by atoms with van der Waals surface area (Å²) in [6.45, 7) is 0. The van der Waals surface area contributed by atoms with Crippen LogP contribution in [0.25, 0.3) is 33.4 Å². The fraction of sp³-hybridized carbons (Fsp3) is 0. The number of nitrogens with one attached hydrogen (secondary N) is 1. The van der Waals surface area contributed by atoms with E-state index >= 15 is 0 Å². The number of para-hydroxylation sites is 1. The van der Waals surface area contributed by atoms with Crippen LogP contribution in [0.15, 0.2) is 66.9 Å². The van der Waals surface area contributed by atoms with E-state index in [1.807, 2.05) is 36.4 Å². The number of benzene rings is 2. The molecule has 0 amide bonds. The molecule has 0 radical (unpaired) electrons. The third-order valence-corrected chi connectivity index (χ3v) is 3.83. The van der Waals surface area contributed by atoms with Crippen LogP contribution in [-0.4, -0.2) is 15.0 Å². The quantitative estimate of drug-likeness (QED) is 0.501. The lowest BCUT2D eigenvalue weighted by atomic mass is 10.0. The fourth-order valence-electron chi connectivity index (χ4n) is 2.70. The molecule has 3 nitrogen and oxygen atoms in total. The van der Waals surface area contributed by atoms with Crippen molar-refractivity contribution < 1.29 is 4.40 Å². The second-order valence-electron chi connectivity index (χ2n) is 5.00. The summed E-state index contributed by atoms with van der Waals surface area (Å²) in [5.74, 6) is 0. The summed E-state index contributed by atoms with van der Waals surface area (Å²) < 4.78 is 10.0. The van der Waals surface area contributed by atoms with Crippen LogP contribution >= 0.6 is 11.6 Å². The number of aromatic amines is 1. The molecule has 1 N–H and O–H groups in total. The summed E-state index contributed by atoms with van der Waals surface area (Å²) in [4.78, 5) is 11.9. The maximum Gasteiger partial charge on any atom is 0.222 e. The Morgan fingerprint density at radius 2 is 1.73 bits per heavy atom. The zero-order chi connectivity index (χ0) is 16.9. The normalized spacial score (nSPS) is 11.3. The number of fused-ring (bicyclic) bond motifs is 1. The van der Waals surface area contributed by atoms with Crippen molar-refractivity contribution in [2.75, 3.05) is 0 Å². The van der Waals surface area contributed by atoms with Gasteiger partial charge >= 0.3 is 0 Å². The van der Waals surface area contributed by atoms with Crippen LogP contribution in [0.5, 0.6) is 0 Å². The molecule has 0 aliphatic carbocycles. The van der Waals surface area contributed by atoms with Gasteiger partial charge in [-0.25, -0.2) is 9.97 Å². The van der Waals surface area contributed by atoms with Crippen LogP contribution in [0.2, 0.25) is 5.28 Å². The smallest absolute Gasteiger partial charge is 0.222 e. The van der Waals surface area contributed by atoms with Gasteiger partial charge in [-0.15, -0.1) is 0 Å². The first-order valence-corrected chi connectivity index (χ1v) is 7.36. The van der Waals surface area contributed by atoms with Crippen LogP contribution in [0, 0.1) is 0 Å². The first-order chi connectivity index (χ1) is 11.8. The first-order valence-electron chi connectivity index (χ1n) is 7.98. The van der Waals surface area contributed by atoms with Crippen LogP contribution < -0.4 is 0 Å². The average molecular weight is 313 g/mol. The van der Waals surface area contributed by atoms with Crippen LogP contribution in [-0.2, 0) is 0 Å². The molecule has 22 heavy (non-hydrogen) atoms. The first kappa shape index (κ1) is 12.0. The van der Waals surface area contributed by atoms with E-state index in [9.17, 15) is 0 Å². The molecule has 2 aromatic heterocycles. The summed E-state index contributed by atoms with van der Waals surface area (Å²) in [6.07, 6.45) is 1.68. The van der Waals surface area contributed by atoms with E-state index in [1.54, 1.807) is 6.20 Å². The van der Waals surface area contributed by atoms with Crippen molar-refractivity contribution in [2.45, 2.75) is 0 Å². The predicted molar refractivity (Wildman–Crippen MR) is 94.0 cm³/mol. The van der Waals surface area contributed by atoms with Crippen molar-refractivity contribution in [1.29, 1.82) is 0 Å². The molecule has 0 fully saturated rings. The Hall–Kier alpha value is -2.65. The summed E-state index contributed by atoms with van der Waals surface area (Å²) in [7, 11) is 0. The van der Waals surface area contributed by atoms with Gasteiger partial charge in [0.2, 0.25) is 5.28 Å². The summed E-state index contributed by atoms with van der Waals surface area (Å²) >= 11 is 5.98. The van der Waals surface area contributed by atoms with E-state index in [2.05, 4.69) is 39.2 Å². The van der Waals surface area contributed by atoms with Crippen molar-refractivity contribution in [1.82, 2.24) is 15.0 Å². The zero-order valence-corrected chi connectivity index (χ0v) is 12.4. The maximum atomic E-state index is 5.98. The Morgan fingerprint density at radius 3 is 2.55 bits per heavy atom. The average Bonchev–Trinajstić information content (AvgIpc) is 3.04. The molecule has 2 aromatic carbocycles. The van der Waals surface area contributed by atoms with Crippen molar-refractivity contribution in [2.24, 2.45) is 0 Å². The second-order valence-corrected chi connectivity index (χ2v) is 5.34. The summed E-state index contributed by atoms with van der Waals surface area (Å²) in [5.41, 5.74) is 5.09. The van der Waals surface area contributed by atoms with Crippen molar-refractivity contribution in [3.05, 3.63) is 72.1 Å². The standard InChI is InChI=1S/C18H12ClN3.2H2/c19-18-20-11-10-15(22-18)16-13-8-4-5-9-14(13)21-17(16)12-6-2-1-3-7-12;;/h1-11,21H;2*1H/i;1+1D;1+1. The lowest BCUT2D eigenvalue weighted by Crippen LogP contribution is -1.88. The van der Waals surface area contributed by atoms with Gasteiger partial charge in [0.25, 0.3) is 0 Å². The highest BCUT2D eigenvalue weighted by atomic mass is 35.5. The molecule has 0 aliphatic rings. The molecule has 4 rings (SSSR count). The van der Waals surface area contributed by atoms with Gasteiger partial charge in [0.15, 0.2) is 0 Å². The van der Waals surface area contributed by atoms with Crippen molar-refractivity contribution in [3.63, 3.8) is 0 Å². The van der Waals surface area contributed by atoms with Crippen molar-refractivity contribution >= 4 is 22.5 Å². The molecular formula is C18H16ClN3. The van der Waals surface area contributed by atoms with Gasteiger partial charge in [0.1, 0.15) is 0 Å². The van der Waals surface area contributed by atoms with Gasteiger partial charge in [-0.05, 0) is 29.3 Å². The van der Waals surface area contributed by atoms with E-state index in [0.717, 1.165) is 33.4 Å². The monoisotopic (exact) mass is 312 g/mol. The van der Waals surface area contributed by atoms with Crippen LogP contribution in [0.1, 0.15) is 4.40 Å². The lowest BCUT2D eigenvalue weighted by molar-refractivity contribution is 1.17. The van der Waals surface area contributed by atoms with Gasteiger partial charge in [-0.1, -0.05) is 48.5 Å². The van der Waals surface area contributed by atoms with E-state index in [4.69, 9.17) is 14.6 Å². The highest BCUT2D eigenvalue weighted by Gasteiger charge is 2.16. The number of halogens is 1. The molecule has 0 unspecified atom stereocenters. The minimum atomic E-state index is 0. The molecule has 4 aromatic rings. The summed E-state index contributed by atoms with van der Waals surface area (Å²) in [6, 6.07) is 20.3. The highest BCUT2D eigenvalue weighted by molar-refractivity contribution is 6.28. The Kier molecular flexibility index (Phi) is 2.87. The molecular weight excluding hydrogens is 294 g/mol. The number of hydrogen-bond acceptors (Lipinski definition) is 2. The van der Waals surface area contributed by atoms with Crippen molar-refractivity contribution in [3.8, 4) is 22.5 Å². The fourth-order valence-corrected chi connectivity index (χ4v) is 2.85. The van der Waals surface area contributed by atoms with Gasteiger partial charge < -0.3 is 4.98 Å². The minimum absolute atomic E-state index is 0. The van der Waals surface area contributed by atoms with Gasteiger partial charge in [0.05, 0.1) is 11.4 Å². The van der Waals surface area contributed by atoms with Gasteiger partial charge in [-0.3, -0.25) is 0 Å². The predicted octanol–water partition coefficient (Wildman–Crippen LogP) is 5.44. The third-order valence-electron chi connectivity index (χ3n) is 3.65. The Balaban J connectivity index is 0.000000726. The topological polar surface area (TPSA) is 41.6 Å². The zero-order valence-electron chi connectivity index (χ0n) is 13.6. The molecule has 4 heteroatoms. The molecule has 0 spiro atoms. The molecule has 0 saturated carbocycles. The van der Waals surface area contributed by atoms with Crippen LogP contribution in [0.3, 0.4) is 0 Å². The molecule has 2 heterocycles. The number of H-pyrrole nitrogens is 1. The molecule has 110 valence electrons. The largest absolute Gasteiger partial charge is 0.354 e. The van der Waals surface area contributed by atoms with E-state index < -0.39 is 0 Å². The Bertz CT molecular complexity index is 958. The van der Waals surface area contributed by atoms with E-state index in [1.165, 1.54) is 0 Å². The van der Waals surface area contributed by atoms with Crippen LogP contribution in [0.4, 0.5) is 0 Å². The molecule has 0 aliphatic heterocycles. The SMILES string of the molecule is Clc1nccc(-c2c(-c3ccccc3)[nH]c3ccccc23)n1.[2HH].[2H][2H]. The Morgan fingerprint density at radius 1 is 0.955 bits per heavy atom. The molecule has 0 atom stereocenters. The maximum absolute atomic E-state index is 5.98. The number of hydrogen-bond donors (Lipinski definition) is 1. The number of nitrogens with zero attached hydrogens (tertiary/aromatic N) is 2. The summed E-state index contributed by atoms with van der Waals surface area (Å²) in [5, 5.41) is 1.37. The lowest BCUT2D eigenvalue weighted by Gasteiger charge is -2.05. The second kappa shape index (κ2) is 5.28. The van der Waals surface area contributed by atoms with Gasteiger partial charge in [0, 0.05) is 27.1 Å². The Labute approximate surface area is 137 Å². The minimum Gasteiger partial charge on any atom is -0.354 e. The highest BCUT2D eigenvalue weighted by Crippen LogP contribution is 2.37.